The molecule has 2 aliphatic heterocycles. The molecule has 4 rings (SSSR count). The first-order valence-electron chi connectivity index (χ1n) is 11.2. The van der Waals surface area contributed by atoms with Crippen molar-refractivity contribution in [3.8, 4) is 0 Å². The van der Waals surface area contributed by atoms with Gasteiger partial charge in [-0.25, -0.2) is 4.39 Å². The SMILES string of the molecule is O=C(c1cc(C(F)(F)F)cc(C(F)(F)F)c1)N1CCC(N2CCNCC2)C(c2ccc(F)cc2)C1. The van der Waals surface area contributed by atoms with Gasteiger partial charge in [0, 0.05) is 56.8 Å². The molecule has 2 aromatic rings. The molecule has 35 heavy (non-hydrogen) atoms. The molecule has 2 aliphatic rings. The molecule has 0 spiro atoms. The summed E-state index contributed by atoms with van der Waals surface area (Å²) < 4.78 is 93.2. The summed E-state index contributed by atoms with van der Waals surface area (Å²) in [6.07, 6.45) is -9.59. The van der Waals surface area contributed by atoms with Crippen LogP contribution in [0.15, 0.2) is 42.5 Å². The molecule has 0 aromatic heterocycles. The first-order chi connectivity index (χ1) is 16.4. The molecular weight excluding hydrogens is 479 g/mol. The van der Waals surface area contributed by atoms with E-state index in [-0.39, 0.29) is 31.1 Å². The molecule has 2 unspecified atom stereocenters. The number of nitrogens with zero attached hydrogens (tertiary/aromatic N) is 2. The summed E-state index contributed by atoms with van der Waals surface area (Å²) in [5.74, 6) is -1.60. The van der Waals surface area contributed by atoms with Crippen molar-refractivity contribution in [2.75, 3.05) is 39.3 Å². The normalized spacial score (nSPS) is 22.3. The first kappa shape index (κ1) is 25.4. The highest BCUT2D eigenvalue weighted by atomic mass is 19.4. The van der Waals surface area contributed by atoms with Gasteiger partial charge in [0.1, 0.15) is 5.82 Å². The zero-order valence-corrected chi connectivity index (χ0v) is 18.6. The molecule has 0 radical (unpaired) electrons. The Bertz CT molecular complexity index is 1010. The van der Waals surface area contributed by atoms with Crippen LogP contribution in [0.2, 0.25) is 0 Å². The van der Waals surface area contributed by atoms with Crippen molar-refractivity contribution in [1.82, 2.24) is 15.1 Å². The highest BCUT2D eigenvalue weighted by molar-refractivity contribution is 5.95. The number of hydrogen-bond donors (Lipinski definition) is 1. The number of piperazine rings is 1. The Labute approximate surface area is 197 Å². The van der Waals surface area contributed by atoms with Crippen LogP contribution in [0.3, 0.4) is 0 Å². The average molecular weight is 503 g/mol. The Hall–Kier alpha value is -2.66. The standard InChI is InChI=1S/C24H24F7N3O/c25-19-3-1-15(2-4-19)20-14-34(8-5-21(20)33-9-6-32-7-10-33)22(35)16-11-17(23(26,27)28)13-18(12-16)24(29,30)31/h1-4,11-13,20-21,32H,5-10,14H2. The second-order valence-electron chi connectivity index (χ2n) is 8.85. The van der Waals surface area contributed by atoms with Gasteiger partial charge in [0.2, 0.25) is 0 Å². The molecule has 0 aliphatic carbocycles. The number of rotatable bonds is 3. The maximum absolute atomic E-state index is 13.5. The number of alkyl halides is 6. The minimum absolute atomic E-state index is 0.00106. The van der Waals surface area contributed by atoms with Gasteiger partial charge in [-0.1, -0.05) is 12.1 Å². The van der Waals surface area contributed by atoms with Crippen LogP contribution >= 0.6 is 0 Å². The Balaban J connectivity index is 1.65. The number of amides is 1. The molecule has 1 N–H and O–H groups in total. The molecule has 0 bridgehead atoms. The summed E-state index contributed by atoms with van der Waals surface area (Å²) in [6, 6.07) is 6.75. The Morgan fingerprint density at radius 3 is 1.97 bits per heavy atom. The van der Waals surface area contributed by atoms with Crippen LogP contribution in [-0.4, -0.2) is 61.0 Å². The van der Waals surface area contributed by atoms with Crippen LogP contribution in [0.1, 0.15) is 39.4 Å². The lowest BCUT2D eigenvalue weighted by atomic mass is 9.84. The third-order valence-corrected chi connectivity index (χ3v) is 6.62. The van der Waals surface area contributed by atoms with E-state index in [0.29, 0.717) is 18.6 Å². The van der Waals surface area contributed by atoms with Gasteiger partial charge in [0.25, 0.3) is 5.91 Å². The van der Waals surface area contributed by atoms with Crippen LogP contribution in [0.5, 0.6) is 0 Å². The smallest absolute Gasteiger partial charge is 0.338 e. The van der Waals surface area contributed by atoms with Gasteiger partial charge in [-0.05, 0) is 42.3 Å². The van der Waals surface area contributed by atoms with Gasteiger partial charge in [-0.2, -0.15) is 26.3 Å². The molecule has 190 valence electrons. The Morgan fingerprint density at radius 1 is 0.857 bits per heavy atom. The van der Waals surface area contributed by atoms with E-state index in [0.717, 1.165) is 31.7 Å². The van der Waals surface area contributed by atoms with E-state index in [2.05, 4.69) is 10.2 Å². The molecule has 1 amide bonds. The number of benzene rings is 2. The second-order valence-corrected chi connectivity index (χ2v) is 8.85. The number of carbonyl (C=O) groups is 1. The van der Waals surface area contributed by atoms with Crippen molar-refractivity contribution >= 4 is 5.91 Å². The van der Waals surface area contributed by atoms with Gasteiger partial charge in [-0.3, -0.25) is 9.69 Å². The molecule has 2 aromatic carbocycles. The number of likely N-dealkylation sites (tertiary alicyclic amines) is 1. The third kappa shape index (κ3) is 5.78. The van der Waals surface area contributed by atoms with E-state index in [1.807, 2.05) is 0 Å². The van der Waals surface area contributed by atoms with Crippen LogP contribution in [0.25, 0.3) is 0 Å². The molecule has 2 fully saturated rings. The van der Waals surface area contributed by atoms with E-state index >= 15 is 0 Å². The van der Waals surface area contributed by atoms with Crippen molar-refractivity contribution in [2.24, 2.45) is 0 Å². The second kappa shape index (κ2) is 9.77. The number of piperidine rings is 1. The van der Waals surface area contributed by atoms with Crippen molar-refractivity contribution in [2.45, 2.75) is 30.7 Å². The quantitative estimate of drug-likeness (QED) is 0.614. The van der Waals surface area contributed by atoms with E-state index in [1.165, 1.54) is 17.0 Å². The fraction of sp³-hybridized carbons (Fsp3) is 0.458. The molecular formula is C24H24F7N3O. The molecule has 2 saturated heterocycles. The topological polar surface area (TPSA) is 35.6 Å². The highest BCUT2D eigenvalue weighted by Gasteiger charge is 2.40. The minimum atomic E-state index is -5.04. The zero-order valence-electron chi connectivity index (χ0n) is 18.6. The van der Waals surface area contributed by atoms with Gasteiger partial charge >= 0.3 is 12.4 Å². The Kier molecular flexibility index (Phi) is 7.10. The summed E-state index contributed by atoms with van der Waals surface area (Å²) in [6.45, 7) is 3.36. The van der Waals surface area contributed by atoms with Crippen LogP contribution in [0.4, 0.5) is 30.7 Å². The first-order valence-corrected chi connectivity index (χ1v) is 11.2. The predicted molar refractivity (Wildman–Crippen MR) is 114 cm³/mol. The molecule has 0 saturated carbocycles. The number of carbonyl (C=O) groups excluding carboxylic acids is 1. The molecule has 2 atom stereocenters. The fourth-order valence-corrected chi connectivity index (χ4v) is 4.87. The van der Waals surface area contributed by atoms with Gasteiger partial charge < -0.3 is 10.2 Å². The lowest BCUT2D eigenvalue weighted by Crippen LogP contribution is -2.55. The average Bonchev–Trinajstić information content (AvgIpc) is 2.83. The van der Waals surface area contributed by atoms with E-state index in [4.69, 9.17) is 0 Å². The van der Waals surface area contributed by atoms with E-state index in [1.54, 1.807) is 12.1 Å². The summed E-state index contributed by atoms with van der Waals surface area (Å²) in [5.41, 5.74) is -2.96. The number of nitrogens with one attached hydrogen (secondary N) is 1. The highest BCUT2D eigenvalue weighted by Crippen LogP contribution is 2.37. The molecule has 11 heteroatoms. The zero-order chi connectivity index (χ0) is 25.4. The largest absolute Gasteiger partial charge is 0.416 e. The van der Waals surface area contributed by atoms with E-state index < -0.39 is 40.8 Å². The lowest BCUT2D eigenvalue weighted by Gasteiger charge is -2.45. The van der Waals surface area contributed by atoms with Gasteiger partial charge in [0.05, 0.1) is 11.1 Å². The summed E-state index contributed by atoms with van der Waals surface area (Å²) in [5, 5.41) is 3.26. The van der Waals surface area contributed by atoms with Gasteiger partial charge in [-0.15, -0.1) is 0 Å². The summed E-state index contributed by atoms with van der Waals surface area (Å²) in [7, 11) is 0. The van der Waals surface area contributed by atoms with Crippen molar-refractivity contribution < 1.29 is 35.5 Å². The lowest BCUT2D eigenvalue weighted by molar-refractivity contribution is -0.143. The van der Waals surface area contributed by atoms with Crippen LogP contribution in [0, 0.1) is 5.82 Å². The number of halogens is 7. The monoisotopic (exact) mass is 503 g/mol. The van der Waals surface area contributed by atoms with Crippen molar-refractivity contribution in [1.29, 1.82) is 0 Å². The third-order valence-electron chi connectivity index (χ3n) is 6.62. The summed E-state index contributed by atoms with van der Waals surface area (Å²) >= 11 is 0. The van der Waals surface area contributed by atoms with Crippen molar-refractivity contribution in [3.63, 3.8) is 0 Å². The van der Waals surface area contributed by atoms with Crippen molar-refractivity contribution in [3.05, 3.63) is 70.5 Å². The van der Waals surface area contributed by atoms with E-state index in [9.17, 15) is 35.5 Å². The summed E-state index contributed by atoms with van der Waals surface area (Å²) in [4.78, 5) is 16.7. The molecule has 2 heterocycles. The minimum Gasteiger partial charge on any atom is -0.338 e. The molecule has 4 nitrogen and oxygen atoms in total. The van der Waals surface area contributed by atoms with Crippen LogP contribution < -0.4 is 5.32 Å². The predicted octanol–water partition coefficient (Wildman–Crippen LogP) is 4.77. The maximum atomic E-state index is 13.5. The fourth-order valence-electron chi connectivity index (χ4n) is 4.87. The maximum Gasteiger partial charge on any atom is 0.416 e. The van der Waals surface area contributed by atoms with Gasteiger partial charge in [0.15, 0.2) is 0 Å². The van der Waals surface area contributed by atoms with Crippen LogP contribution in [-0.2, 0) is 12.4 Å². The Morgan fingerprint density at radius 2 is 1.43 bits per heavy atom. The number of hydrogen-bond acceptors (Lipinski definition) is 3.